The van der Waals surface area contributed by atoms with Gasteiger partial charge in [-0.25, -0.2) is 0 Å². The van der Waals surface area contributed by atoms with Gasteiger partial charge >= 0.3 is 0 Å². The molecule has 0 radical (unpaired) electrons. The van der Waals surface area contributed by atoms with E-state index >= 15 is 0 Å². The van der Waals surface area contributed by atoms with Crippen LogP contribution in [0, 0.1) is 6.92 Å². The Bertz CT molecular complexity index is 420. The lowest BCUT2D eigenvalue weighted by atomic mass is 10.1. The van der Waals surface area contributed by atoms with Gasteiger partial charge < -0.3 is 10.1 Å². The third kappa shape index (κ3) is 4.21. The molecule has 112 valence electrons. The maximum Gasteiger partial charge on any atom is 0.256 e. The predicted octanol–water partition coefficient (Wildman–Crippen LogP) is 2.84. The zero-order valence-electron chi connectivity index (χ0n) is 11.9. The van der Waals surface area contributed by atoms with Crippen LogP contribution in [0.5, 0.6) is 0 Å². The van der Waals surface area contributed by atoms with Gasteiger partial charge in [0.2, 0.25) is 0 Å². The summed E-state index contributed by atoms with van der Waals surface area (Å²) in [7, 11) is 0. The molecule has 0 aromatic carbocycles. The quantitative estimate of drug-likeness (QED) is 0.649. The van der Waals surface area contributed by atoms with E-state index in [2.05, 4.69) is 15.5 Å². The van der Waals surface area contributed by atoms with Gasteiger partial charge in [-0.1, -0.05) is 37.3 Å². The van der Waals surface area contributed by atoms with Crippen LogP contribution in [0.1, 0.15) is 54.6 Å². The Morgan fingerprint density at radius 1 is 1.40 bits per heavy atom. The molecule has 1 fully saturated rings. The Morgan fingerprint density at radius 3 is 2.70 bits per heavy atom. The molecule has 0 bridgehead atoms. The maximum atomic E-state index is 11.9. The van der Waals surface area contributed by atoms with Gasteiger partial charge in [0, 0.05) is 12.2 Å². The molecule has 0 atom stereocenters. The van der Waals surface area contributed by atoms with Crippen molar-refractivity contribution < 1.29 is 9.53 Å². The maximum absolute atomic E-state index is 11.9. The van der Waals surface area contributed by atoms with E-state index in [4.69, 9.17) is 16.3 Å². The van der Waals surface area contributed by atoms with E-state index in [1.807, 2.05) is 0 Å². The minimum absolute atomic E-state index is 0.203. The van der Waals surface area contributed by atoms with Crippen molar-refractivity contribution in [2.24, 2.45) is 0 Å². The molecule has 2 N–H and O–H groups in total. The summed E-state index contributed by atoms with van der Waals surface area (Å²) in [5, 5.41) is 9.52. The van der Waals surface area contributed by atoms with E-state index < -0.39 is 0 Å². The van der Waals surface area contributed by atoms with Crippen LogP contribution in [0.4, 0.5) is 0 Å². The standard InChI is InChI=1S/C14H22ClN3O2/c1-10-12(13(15)18-17-10)14(19)16-8-9-20-11-6-4-2-3-5-7-11/h11H,2-9H2,1H3,(H,16,19)(H,17,18). The Kier molecular flexibility index (Phi) is 5.86. The number of nitrogens with zero attached hydrogens (tertiary/aromatic N) is 1. The van der Waals surface area contributed by atoms with Crippen molar-refractivity contribution in [2.75, 3.05) is 13.2 Å². The molecule has 1 amide bonds. The molecule has 0 unspecified atom stereocenters. The number of hydrogen-bond acceptors (Lipinski definition) is 3. The molecular formula is C14H22ClN3O2. The lowest BCUT2D eigenvalue weighted by Gasteiger charge is -2.15. The van der Waals surface area contributed by atoms with Crippen molar-refractivity contribution >= 4 is 17.5 Å². The molecule has 1 heterocycles. The van der Waals surface area contributed by atoms with Crippen LogP contribution < -0.4 is 5.32 Å². The van der Waals surface area contributed by atoms with Gasteiger partial charge in [-0.2, -0.15) is 5.10 Å². The van der Waals surface area contributed by atoms with Crippen LogP contribution in [-0.2, 0) is 4.74 Å². The van der Waals surface area contributed by atoms with Crippen molar-refractivity contribution in [2.45, 2.75) is 51.6 Å². The molecule has 6 heteroatoms. The summed E-state index contributed by atoms with van der Waals surface area (Å²) in [6, 6.07) is 0. The molecule has 2 rings (SSSR count). The molecule has 0 saturated heterocycles. The van der Waals surface area contributed by atoms with Crippen molar-refractivity contribution in [3.8, 4) is 0 Å². The fourth-order valence-corrected chi connectivity index (χ4v) is 2.82. The van der Waals surface area contributed by atoms with Crippen LogP contribution in [0.15, 0.2) is 0 Å². The van der Waals surface area contributed by atoms with Crippen LogP contribution in [0.25, 0.3) is 0 Å². The molecular weight excluding hydrogens is 278 g/mol. The van der Waals surface area contributed by atoms with Crippen molar-refractivity contribution in [1.82, 2.24) is 15.5 Å². The molecule has 1 aliphatic rings. The second-order valence-corrected chi connectivity index (χ2v) is 5.61. The topological polar surface area (TPSA) is 67.0 Å². The highest BCUT2D eigenvalue weighted by molar-refractivity contribution is 6.32. The van der Waals surface area contributed by atoms with Gasteiger partial charge in [0.05, 0.1) is 18.3 Å². The van der Waals surface area contributed by atoms with Crippen molar-refractivity contribution in [3.63, 3.8) is 0 Å². The van der Waals surface area contributed by atoms with Crippen molar-refractivity contribution in [1.29, 1.82) is 0 Å². The molecule has 5 nitrogen and oxygen atoms in total. The number of carbonyl (C=O) groups is 1. The second-order valence-electron chi connectivity index (χ2n) is 5.25. The van der Waals surface area contributed by atoms with Gasteiger partial charge in [-0.05, 0) is 19.8 Å². The molecule has 1 aliphatic carbocycles. The van der Waals surface area contributed by atoms with Crippen molar-refractivity contribution in [3.05, 3.63) is 16.4 Å². The summed E-state index contributed by atoms with van der Waals surface area (Å²) in [5.74, 6) is -0.203. The number of aromatic amines is 1. The highest BCUT2D eigenvalue weighted by atomic mass is 35.5. The fourth-order valence-electron chi connectivity index (χ4n) is 2.55. The number of halogens is 1. The number of aryl methyl sites for hydroxylation is 1. The van der Waals surface area contributed by atoms with E-state index in [0.717, 1.165) is 12.8 Å². The monoisotopic (exact) mass is 299 g/mol. The first-order valence-electron chi connectivity index (χ1n) is 7.28. The van der Waals surface area contributed by atoms with E-state index in [1.54, 1.807) is 6.92 Å². The van der Waals surface area contributed by atoms with Gasteiger partial charge in [0.15, 0.2) is 5.15 Å². The number of carbonyl (C=O) groups excluding carboxylic acids is 1. The molecule has 1 aromatic heterocycles. The number of hydrogen-bond donors (Lipinski definition) is 2. The molecule has 0 aliphatic heterocycles. The predicted molar refractivity (Wildman–Crippen MR) is 78.1 cm³/mol. The largest absolute Gasteiger partial charge is 0.376 e. The Balaban J connectivity index is 1.69. The molecule has 0 spiro atoms. The average molecular weight is 300 g/mol. The van der Waals surface area contributed by atoms with E-state index in [-0.39, 0.29) is 11.1 Å². The second kappa shape index (κ2) is 7.64. The highest BCUT2D eigenvalue weighted by Gasteiger charge is 2.16. The summed E-state index contributed by atoms with van der Waals surface area (Å²) in [5.41, 5.74) is 1.10. The van der Waals surface area contributed by atoms with Crippen LogP contribution >= 0.6 is 11.6 Å². The smallest absolute Gasteiger partial charge is 0.256 e. The van der Waals surface area contributed by atoms with Gasteiger partial charge in [-0.3, -0.25) is 9.89 Å². The first kappa shape index (κ1) is 15.3. The summed E-state index contributed by atoms with van der Waals surface area (Å²) < 4.78 is 5.82. The number of aromatic nitrogens is 2. The van der Waals surface area contributed by atoms with E-state index in [9.17, 15) is 4.79 Å². The van der Waals surface area contributed by atoms with Gasteiger partial charge in [0.25, 0.3) is 5.91 Å². The number of nitrogens with one attached hydrogen (secondary N) is 2. The average Bonchev–Trinajstić information content (AvgIpc) is 2.65. The Labute approximate surface area is 124 Å². The normalized spacial score (nSPS) is 16.9. The lowest BCUT2D eigenvalue weighted by molar-refractivity contribution is 0.0442. The number of ether oxygens (including phenoxy) is 1. The zero-order valence-corrected chi connectivity index (χ0v) is 12.6. The lowest BCUT2D eigenvalue weighted by Crippen LogP contribution is -2.29. The van der Waals surface area contributed by atoms with E-state index in [1.165, 1.54) is 25.7 Å². The van der Waals surface area contributed by atoms with Crippen LogP contribution in [0.3, 0.4) is 0 Å². The van der Waals surface area contributed by atoms with Gasteiger partial charge in [0.1, 0.15) is 0 Å². The fraction of sp³-hybridized carbons (Fsp3) is 0.714. The summed E-state index contributed by atoms with van der Waals surface area (Å²) in [6.07, 6.45) is 7.76. The van der Waals surface area contributed by atoms with Gasteiger partial charge in [-0.15, -0.1) is 0 Å². The minimum Gasteiger partial charge on any atom is -0.376 e. The number of amides is 1. The Hall–Kier alpha value is -1.07. The summed E-state index contributed by atoms with van der Waals surface area (Å²) in [6.45, 7) is 2.82. The number of H-pyrrole nitrogens is 1. The van der Waals surface area contributed by atoms with E-state index in [0.29, 0.717) is 30.5 Å². The zero-order chi connectivity index (χ0) is 14.4. The third-order valence-electron chi connectivity index (χ3n) is 3.67. The number of rotatable bonds is 5. The van der Waals surface area contributed by atoms with Crippen LogP contribution in [0.2, 0.25) is 5.15 Å². The molecule has 20 heavy (non-hydrogen) atoms. The summed E-state index contributed by atoms with van der Waals surface area (Å²) in [4.78, 5) is 11.9. The first-order chi connectivity index (χ1) is 9.68. The Morgan fingerprint density at radius 2 is 2.10 bits per heavy atom. The first-order valence-corrected chi connectivity index (χ1v) is 7.66. The highest BCUT2D eigenvalue weighted by Crippen LogP contribution is 2.19. The molecule has 1 saturated carbocycles. The minimum atomic E-state index is -0.203. The third-order valence-corrected chi connectivity index (χ3v) is 3.95. The molecule has 1 aromatic rings. The van der Waals surface area contributed by atoms with Crippen LogP contribution in [-0.4, -0.2) is 35.4 Å². The summed E-state index contributed by atoms with van der Waals surface area (Å²) >= 11 is 5.86. The SMILES string of the molecule is Cc1[nH]nc(Cl)c1C(=O)NCCOC1CCCCCC1.